The Hall–Kier alpha value is -2.38. The second-order valence-corrected chi connectivity index (χ2v) is 3.53. The summed E-state index contributed by atoms with van der Waals surface area (Å²) in [7, 11) is 1.61. The van der Waals surface area contributed by atoms with E-state index >= 15 is 0 Å². The predicted octanol–water partition coefficient (Wildman–Crippen LogP) is 0.399. The highest BCUT2D eigenvalue weighted by Crippen LogP contribution is 2.16. The minimum atomic E-state index is -1.26. The number of methoxy groups -OCH3 is 1. The van der Waals surface area contributed by atoms with Gasteiger partial charge in [0.05, 0.1) is 13.2 Å². The number of ether oxygens (including phenoxy) is 1. The molecule has 0 amide bonds. The maximum atomic E-state index is 9.55. The molecule has 1 aromatic rings. The first-order chi connectivity index (χ1) is 9.40. The fourth-order valence-corrected chi connectivity index (χ4v) is 1.10. The molecule has 7 nitrogen and oxygen atoms in total. The molecule has 1 aromatic carbocycles. The van der Waals surface area contributed by atoms with E-state index < -0.39 is 18.0 Å². The third-order valence-electron chi connectivity index (χ3n) is 2.09. The van der Waals surface area contributed by atoms with E-state index in [2.05, 4.69) is 0 Å². The molecule has 1 atom stereocenters. The molecule has 0 radical (unpaired) electrons. The average molecular weight is 283 g/mol. The Morgan fingerprint density at radius 1 is 1.20 bits per heavy atom. The summed E-state index contributed by atoms with van der Waals surface area (Å²) in [6.07, 6.45) is 0.543. The number of aliphatic carboxylic acids is 2. The molecule has 0 saturated heterocycles. The molecule has 1 unspecified atom stereocenters. The van der Waals surface area contributed by atoms with Gasteiger partial charge in [-0.15, -0.1) is 0 Å². The summed E-state index contributed by atoms with van der Waals surface area (Å²) in [5.74, 6) is -1.73. The molecule has 0 aliphatic heterocycles. The fourth-order valence-electron chi connectivity index (χ4n) is 1.10. The van der Waals surface area contributed by atoms with Crippen LogP contribution in [0.2, 0.25) is 0 Å². The lowest BCUT2D eigenvalue weighted by atomic mass is 10.1. The van der Waals surface area contributed by atoms with E-state index in [1.54, 1.807) is 31.4 Å². The van der Waals surface area contributed by atoms with Crippen LogP contribution in [0.5, 0.6) is 5.75 Å². The van der Waals surface area contributed by atoms with E-state index in [4.69, 9.17) is 20.7 Å². The SMILES string of the molecule is COc1ccc(C(O)CN)cc1.O=C(O)/C=C/C(=O)O. The molecule has 0 aliphatic carbocycles. The first kappa shape index (κ1) is 17.6. The van der Waals surface area contributed by atoms with Crippen LogP contribution < -0.4 is 10.5 Å². The first-order valence-electron chi connectivity index (χ1n) is 5.56. The summed E-state index contributed by atoms with van der Waals surface area (Å²) in [6, 6.07) is 7.20. The predicted molar refractivity (Wildman–Crippen MR) is 71.4 cm³/mol. The van der Waals surface area contributed by atoms with Gasteiger partial charge >= 0.3 is 11.9 Å². The number of carboxylic acid groups (broad SMARTS) is 2. The molecule has 1 rings (SSSR count). The van der Waals surface area contributed by atoms with E-state index in [1.807, 2.05) is 0 Å². The summed E-state index contributed by atoms with van der Waals surface area (Å²) in [5, 5.41) is 25.0. The van der Waals surface area contributed by atoms with Crippen molar-refractivity contribution in [3.8, 4) is 5.75 Å². The molecule has 0 bridgehead atoms. The Bertz CT molecular complexity index is 438. The molecule has 0 heterocycles. The normalized spacial score (nSPS) is 11.3. The quantitative estimate of drug-likeness (QED) is 0.575. The van der Waals surface area contributed by atoms with Gasteiger partial charge in [-0.05, 0) is 17.7 Å². The number of rotatable bonds is 5. The zero-order chi connectivity index (χ0) is 15.5. The summed E-state index contributed by atoms with van der Waals surface area (Å²) in [5.41, 5.74) is 6.11. The fraction of sp³-hybridized carbons (Fsp3) is 0.231. The number of aliphatic hydroxyl groups excluding tert-OH is 1. The lowest BCUT2D eigenvalue weighted by molar-refractivity contribution is -0.134. The third kappa shape index (κ3) is 7.85. The van der Waals surface area contributed by atoms with Crippen molar-refractivity contribution < 1.29 is 29.6 Å². The van der Waals surface area contributed by atoms with Crippen LogP contribution >= 0.6 is 0 Å². The van der Waals surface area contributed by atoms with Gasteiger partial charge in [0.25, 0.3) is 0 Å². The van der Waals surface area contributed by atoms with Crippen LogP contribution in [0.25, 0.3) is 0 Å². The molecule has 20 heavy (non-hydrogen) atoms. The zero-order valence-electron chi connectivity index (χ0n) is 10.9. The van der Waals surface area contributed by atoms with Crippen LogP contribution in [0.4, 0.5) is 0 Å². The van der Waals surface area contributed by atoms with Crippen molar-refractivity contribution in [3.63, 3.8) is 0 Å². The van der Waals surface area contributed by atoms with Crippen LogP contribution in [-0.4, -0.2) is 40.9 Å². The number of aliphatic hydroxyl groups is 1. The Morgan fingerprint density at radius 3 is 1.95 bits per heavy atom. The van der Waals surface area contributed by atoms with Gasteiger partial charge in [0, 0.05) is 18.7 Å². The van der Waals surface area contributed by atoms with Gasteiger partial charge in [0.15, 0.2) is 0 Å². The Kier molecular flexibility index (Phi) is 8.40. The molecule has 0 aliphatic rings. The summed E-state index contributed by atoms with van der Waals surface area (Å²) < 4.78 is 4.97. The van der Waals surface area contributed by atoms with Crippen LogP contribution in [0.15, 0.2) is 36.4 Å². The van der Waals surface area contributed by atoms with Crippen molar-refractivity contribution in [2.45, 2.75) is 6.10 Å². The van der Waals surface area contributed by atoms with Crippen LogP contribution in [0.3, 0.4) is 0 Å². The van der Waals surface area contributed by atoms with Gasteiger partial charge < -0.3 is 25.8 Å². The number of benzene rings is 1. The minimum Gasteiger partial charge on any atom is -0.497 e. The van der Waals surface area contributed by atoms with Crippen LogP contribution in [0, 0.1) is 0 Å². The van der Waals surface area contributed by atoms with E-state index in [9.17, 15) is 14.7 Å². The second-order valence-electron chi connectivity index (χ2n) is 3.53. The standard InChI is InChI=1S/C9H13NO2.C4H4O4/c1-12-8-4-2-7(3-5-8)9(11)6-10;5-3(6)1-2-4(7)8/h2-5,9,11H,6,10H2,1H3;1-2H,(H,5,6)(H,7,8)/b;2-1+. The van der Waals surface area contributed by atoms with Crippen LogP contribution in [-0.2, 0) is 9.59 Å². The van der Waals surface area contributed by atoms with Gasteiger partial charge in [0.1, 0.15) is 5.75 Å². The van der Waals surface area contributed by atoms with Gasteiger partial charge in [-0.2, -0.15) is 0 Å². The summed E-state index contributed by atoms with van der Waals surface area (Å²) in [6.45, 7) is 0.242. The van der Waals surface area contributed by atoms with Crippen molar-refractivity contribution in [2.75, 3.05) is 13.7 Å². The maximum absolute atomic E-state index is 9.55. The molecule has 7 heteroatoms. The smallest absolute Gasteiger partial charge is 0.328 e. The number of hydrogen-bond donors (Lipinski definition) is 4. The molecule has 0 aromatic heterocycles. The van der Waals surface area contributed by atoms with Gasteiger partial charge in [-0.25, -0.2) is 9.59 Å². The van der Waals surface area contributed by atoms with Crippen LogP contribution in [0.1, 0.15) is 11.7 Å². The highest BCUT2D eigenvalue weighted by atomic mass is 16.5. The van der Waals surface area contributed by atoms with Gasteiger partial charge in [-0.3, -0.25) is 0 Å². The molecular formula is C13H17NO6. The number of nitrogens with two attached hydrogens (primary N) is 1. The maximum Gasteiger partial charge on any atom is 0.328 e. The Balaban J connectivity index is 0.000000396. The highest BCUT2D eigenvalue weighted by molar-refractivity contribution is 5.89. The summed E-state index contributed by atoms with van der Waals surface area (Å²) in [4.78, 5) is 19.1. The first-order valence-corrected chi connectivity index (χ1v) is 5.56. The largest absolute Gasteiger partial charge is 0.497 e. The molecule has 0 fully saturated rings. The van der Waals surface area contributed by atoms with Crippen molar-refractivity contribution >= 4 is 11.9 Å². The molecule has 5 N–H and O–H groups in total. The highest BCUT2D eigenvalue weighted by Gasteiger charge is 2.03. The number of hydrogen-bond acceptors (Lipinski definition) is 5. The minimum absolute atomic E-state index is 0.242. The molecule has 110 valence electrons. The molecular weight excluding hydrogens is 266 g/mol. The Morgan fingerprint density at radius 2 is 1.65 bits per heavy atom. The zero-order valence-corrected chi connectivity index (χ0v) is 10.9. The average Bonchev–Trinajstić information content (AvgIpc) is 2.45. The topological polar surface area (TPSA) is 130 Å². The monoisotopic (exact) mass is 283 g/mol. The van der Waals surface area contributed by atoms with Crippen molar-refractivity contribution in [1.82, 2.24) is 0 Å². The Labute approximate surface area is 115 Å². The van der Waals surface area contributed by atoms with E-state index in [1.165, 1.54) is 0 Å². The lowest BCUT2D eigenvalue weighted by Gasteiger charge is -2.07. The second kappa shape index (κ2) is 9.54. The van der Waals surface area contributed by atoms with Gasteiger partial charge in [-0.1, -0.05) is 12.1 Å². The lowest BCUT2D eigenvalue weighted by Crippen LogP contribution is -2.11. The van der Waals surface area contributed by atoms with Crippen molar-refractivity contribution in [3.05, 3.63) is 42.0 Å². The number of carboxylic acids is 2. The van der Waals surface area contributed by atoms with E-state index in [0.29, 0.717) is 12.2 Å². The molecule has 0 saturated carbocycles. The molecule has 0 spiro atoms. The number of carbonyl (C=O) groups is 2. The summed E-state index contributed by atoms with van der Waals surface area (Å²) >= 11 is 0. The van der Waals surface area contributed by atoms with Gasteiger partial charge in [0.2, 0.25) is 0 Å². The van der Waals surface area contributed by atoms with E-state index in [0.717, 1.165) is 11.3 Å². The van der Waals surface area contributed by atoms with Crippen molar-refractivity contribution in [1.29, 1.82) is 0 Å². The van der Waals surface area contributed by atoms with E-state index in [-0.39, 0.29) is 6.54 Å². The third-order valence-corrected chi connectivity index (χ3v) is 2.09. The van der Waals surface area contributed by atoms with Crippen molar-refractivity contribution in [2.24, 2.45) is 5.73 Å².